The van der Waals surface area contributed by atoms with Crippen LogP contribution in [-0.4, -0.2) is 31.9 Å². The Labute approximate surface area is 104 Å². The molecule has 17 heavy (non-hydrogen) atoms. The summed E-state index contributed by atoms with van der Waals surface area (Å²) >= 11 is 0. The predicted molar refractivity (Wildman–Crippen MR) is 67.1 cm³/mol. The normalized spacial score (nSPS) is 24.8. The van der Waals surface area contributed by atoms with E-state index in [1.807, 2.05) is 0 Å². The van der Waals surface area contributed by atoms with Crippen molar-refractivity contribution in [3.8, 4) is 0 Å². The Hall–Kier alpha value is -0.130. The SMILES string of the molecule is O=S(=O)(CC1CCCCC1)NCC(O)C1CC1. The minimum atomic E-state index is -3.19. The summed E-state index contributed by atoms with van der Waals surface area (Å²) in [4.78, 5) is 0. The average Bonchev–Trinajstić information content (AvgIpc) is 3.10. The molecule has 0 heterocycles. The summed E-state index contributed by atoms with van der Waals surface area (Å²) in [5.74, 6) is 0.886. The number of rotatable bonds is 6. The van der Waals surface area contributed by atoms with Crippen molar-refractivity contribution in [2.75, 3.05) is 12.3 Å². The molecule has 5 heteroatoms. The molecule has 2 saturated carbocycles. The van der Waals surface area contributed by atoms with Gasteiger partial charge < -0.3 is 5.11 Å². The average molecular weight is 261 g/mol. The maximum atomic E-state index is 11.8. The first-order chi connectivity index (χ1) is 8.07. The molecule has 4 nitrogen and oxygen atoms in total. The van der Waals surface area contributed by atoms with Crippen molar-refractivity contribution >= 4 is 10.0 Å². The summed E-state index contributed by atoms with van der Waals surface area (Å²) in [5.41, 5.74) is 0. The zero-order chi connectivity index (χ0) is 12.3. The molecule has 2 aliphatic rings. The van der Waals surface area contributed by atoms with E-state index in [1.165, 1.54) is 6.42 Å². The number of nitrogens with one attached hydrogen (secondary N) is 1. The summed E-state index contributed by atoms with van der Waals surface area (Å²) in [6.07, 6.45) is 7.20. The maximum Gasteiger partial charge on any atom is 0.211 e. The van der Waals surface area contributed by atoms with Gasteiger partial charge in [0.2, 0.25) is 10.0 Å². The van der Waals surface area contributed by atoms with Crippen LogP contribution >= 0.6 is 0 Å². The van der Waals surface area contributed by atoms with Crippen LogP contribution < -0.4 is 4.72 Å². The Balaban J connectivity index is 1.73. The molecule has 0 radical (unpaired) electrons. The quantitative estimate of drug-likeness (QED) is 0.756. The Morgan fingerprint density at radius 3 is 2.35 bits per heavy atom. The van der Waals surface area contributed by atoms with Crippen LogP contribution in [0.1, 0.15) is 44.9 Å². The highest BCUT2D eigenvalue weighted by molar-refractivity contribution is 7.89. The maximum absolute atomic E-state index is 11.8. The van der Waals surface area contributed by atoms with Crippen LogP contribution in [0.3, 0.4) is 0 Å². The van der Waals surface area contributed by atoms with E-state index in [0.717, 1.165) is 38.5 Å². The summed E-state index contributed by atoms with van der Waals surface area (Å²) < 4.78 is 26.2. The van der Waals surface area contributed by atoms with Gasteiger partial charge in [-0.25, -0.2) is 13.1 Å². The van der Waals surface area contributed by atoms with Crippen molar-refractivity contribution in [3.05, 3.63) is 0 Å². The van der Waals surface area contributed by atoms with E-state index in [9.17, 15) is 13.5 Å². The predicted octanol–water partition coefficient (Wildman–Crippen LogP) is 1.26. The molecule has 2 aliphatic carbocycles. The van der Waals surface area contributed by atoms with E-state index in [2.05, 4.69) is 4.72 Å². The van der Waals surface area contributed by atoms with Crippen molar-refractivity contribution < 1.29 is 13.5 Å². The van der Waals surface area contributed by atoms with Gasteiger partial charge in [-0.05, 0) is 37.5 Å². The number of sulfonamides is 1. The Morgan fingerprint density at radius 1 is 1.12 bits per heavy atom. The van der Waals surface area contributed by atoms with Gasteiger partial charge in [-0.1, -0.05) is 19.3 Å². The van der Waals surface area contributed by atoms with Crippen molar-refractivity contribution in [3.63, 3.8) is 0 Å². The molecule has 0 aliphatic heterocycles. The third-order valence-electron chi connectivity index (χ3n) is 3.86. The third-order valence-corrected chi connectivity index (χ3v) is 5.38. The lowest BCUT2D eigenvalue weighted by Crippen LogP contribution is -2.36. The zero-order valence-electron chi connectivity index (χ0n) is 10.3. The van der Waals surface area contributed by atoms with Gasteiger partial charge in [-0.3, -0.25) is 0 Å². The van der Waals surface area contributed by atoms with E-state index < -0.39 is 16.1 Å². The van der Waals surface area contributed by atoms with Gasteiger partial charge in [-0.15, -0.1) is 0 Å². The Bertz CT molecular complexity index is 332. The summed E-state index contributed by atoms with van der Waals surface area (Å²) in [7, 11) is -3.19. The first kappa shape index (κ1) is 13.3. The van der Waals surface area contributed by atoms with Gasteiger partial charge in [0.25, 0.3) is 0 Å². The van der Waals surface area contributed by atoms with E-state index in [4.69, 9.17) is 0 Å². The van der Waals surface area contributed by atoms with E-state index in [0.29, 0.717) is 11.8 Å². The molecule has 0 aromatic carbocycles. The van der Waals surface area contributed by atoms with Gasteiger partial charge in [0, 0.05) is 6.54 Å². The van der Waals surface area contributed by atoms with Crippen LogP contribution in [0, 0.1) is 11.8 Å². The molecular weight excluding hydrogens is 238 g/mol. The zero-order valence-corrected chi connectivity index (χ0v) is 11.1. The minimum absolute atomic E-state index is 0.194. The van der Waals surface area contributed by atoms with Gasteiger partial charge in [0.15, 0.2) is 0 Å². The largest absolute Gasteiger partial charge is 0.391 e. The fraction of sp³-hybridized carbons (Fsp3) is 1.00. The van der Waals surface area contributed by atoms with Crippen LogP contribution in [0.15, 0.2) is 0 Å². The van der Waals surface area contributed by atoms with Crippen molar-refractivity contribution in [2.45, 2.75) is 51.0 Å². The highest BCUT2D eigenvalue weighted by atomic mass is 32.2. The smallest absolute Gasteiger partial charge is 0.211 e. The fourth-order valence-electron chi connectivity index (χ4n) is 2.58. The van der Waals surface area contributed by atoms with Gasteiger partial charge in [0.1, 0.15) is 0 Å². The second-order valence-corrected chi connectivity index (χ2v) is 7.39. The summed E-state index contributed by atoms with van der Waals surface area (Å²) in [5, 5.41) is 9.63. The molecule has 0 amide bonds. The van der Waals surface area contributed by atoms with Crippen molar-refractivity contribution in [2.24, 2.45) is 11.8 Å². The molecule has 0 aromatic heterocycles. The minimum Gasteiger partial charge on any atom is -0.391 e. The number of hydrogen-bond donors (Lipinski definition) is 2. The first-order valence-electron chi connectivity index (χ1n) is 6.72. The molecule has 2 N–H and O–H groups in total. The van der Waals surface area contributed by atoms with Crippen molar-refractivity contribution in [1.82, 2.24) is 4.72 Å². The number of aliphatic hydroxyl groups excluding tert-OH is 1. The fourth-order valence-corrected chi connectivity index (χ4v) is 4.08. The third kappa shape index (κ3) is 4.56. The molecule has 2 rings (SSSR count). The molecule has 0 aromatic rings. The van der Waals surface area contributed by atoms with Crippen LogP contribution in [0.5, 0.6) is 0 Å². The molecule has 1 atom stereocenters. The lowest BCUT2D eigenvalue weighted by Gasteiger charge is -2.21. The highest BCUT2D eigenvalue weighted by Gasteiger charge is 2.30. The number of hydrogen-bond acceptors (Lipinski definition) is 3. The van der Waals surface area contributed by atoms with Gasteiger partial charge >= 0.3 is 0 Å². The van der Waals surface area contributed by atoms with E-state index in [-0.39, 0.29) is 12.3 Å². The van der Waals surface area contributed by atoms with Crippen LogP contribution in [0.4, 0.5) is 0 Å². The Kier molecular flexibility index (Phi) is 4.44. The first-order valence-corrected chi connectivity index (χ1v) is 8.37. The summed E-state index contributed by atoms with van der Waals surface area (Å²) in [6.45, 7) is 0.194. The lowest BCUT2D eigenvalue weighted by molar-refractivity contribution is 0.155. The molecule has 0 saturated heterocycles. The lowest BCUT2D eigenvalue weighted by atomic mass is 9.91. The van der Waals surface area contributed by atoms with Crippen molar-refractivity contribution in [1.29, 1.82) is 0 Å². The topological polar surface area (TPSA) is 66.4 Å². The van der Waals surface area contributed by atoms with E-state index in [1.54, 1.807) is 0 Å². The molecule has 100 valence electrons. The monoisotopic (exact) mass is 261 g/mol. The highest BCUT2D eigenvalue weighted by Crippen LogP contribution is 2.32. The second kappa shape index (κ2) is 5.67. The summed E-state index contributed by atoms with van der Waals surface area (Å²) in [6, 6.07) is 0. The van der Waals surface area contributed by atoms with Gasteiger partial charge in [0.05, 0.1) is 11.9 Å². The molecule has 0 spiro atoms. The Morgan fingerprint density at radius 2 is 1.76 bits per heavy atom. The van der Waals surface area contributed by atoms with Crippen LogP contribution in [0.2, 0.25) is 0 Å². The number of aliphatic hydroxyl groups is 1. The van der Waals surface area contributed by atoms with Crippen LogP contribution in [0.25, 0.3) is 0 Å². The molecular formula is C12H23NO3S. The second-order valence-electron chi connectivity index (χ2n) is 5.54. The van der Waals surface area contributed by atoms with E-state index >= 15 is 0 Å². The standard InChI is InChI=1S/C12H23NO3S/c14-12(11-6-7-11)8-13-17(15,16)9-10-4-2-1-3-5-10/h10-14H,1-9H2. The molecule has 2 fully saturated rings. The molecule has 1 unspecified atom stereocenters. The van der Waals surface area contributed by atoms with Crippen LogP contribution in [-0.2, 0) is 10.0 Å². The van der Waals surface area contributed by atoms with Gasteiger partial charge in [-0.2, -0.15) is 0 Å². The molecule has 0 bridgehead atoms.